The van der Waals surface area contributed by atoms with Crippen molar-refractivity contribution in [1.29, 1.82) is 0 Å². The summed E-state index contributed by atoms with van der Waals surface area (Å²) in [4.78, 5) is 11.8. The smallest absolute Gasteiger partial charge is 0.246 e. The molecule has 0 aromatic heterocycles. The third kappa shape index (κ3) is 2.62. The Hall–Kier alpha value is -1.07. The molecule has 2 N–H and O–H groups in total. The van der Waals surface area contributed by atoms with Gasteiger partial charge < -0.3 is 15.4 Å². The minimum atomic E-state index is -0.271. The van der Waals surface area contributed by atoms with Crippen molar-refractivity contribution in [1.82, 2.24) is 5.32 Å². The van der Waals surface area contributed by atoms with E-state index in [2.05, 4.69) is 26.6 Å². The summed E-state index contributed by atoms with van der Waals surface area (Å²) in [6.07, 6.45) is 3.80. The Morgan fingerprint density at radius 3 is 2.95 bits per heavy atom. The largest absolute Gasteiger partial charge is 0.492 e. The van der Waals surface area contributed by atoms with E-state index in [0.29, 0.717) is 0 Å². The van der Waals surface area contributed by atoms with Crippen molar-refractivity contribution >= 4 is 27.5 Å². The number of benzene rings is 1. The van der Waals surface area contributed by atoms with Crippen LogP contribution in [0.1, 0.15) is 30.9 Å². The predicted octanol–water partition coefficient (Wildman–Crippen LogP) is 2.84. The second kappa shape index (κ2) is 5.13. The molecular formula is C14H17BrN2O2. The van der Waals surface area contributed by atoms with Gasteiger partial charge in [0.25, 0.3) is 0 Å². The highest BCUT2D eigenvalue weighted by molar-refractivity contribution is 9.10. The summed E-state index contributed by atoms with van der Waals surface area (Å²) in [5, 5.41) is 5.88. The van der Waals surface area contributed by atoms with Crippen LogP contribution in [-0.2, 0) is 4.79 Å². The van der Waals surface area contributed by atoms with Crippen molar-refractivity contribution in [3.8, 4) is 5.75 Å². The molecule has 4 nitrogen and oxygen atoms in total. The quantitative estimate of drug-likeness (QED) is 0.875. The summed E-state index contributed by atoms with van der Waals surface area (Å²) in [6.45, 7) is 0.742. The lowest BCUT2D eigenvalue weighted by Gasteiger charge is -2.11. The number of amides is 1. The Morgan fingerprint density at radius 1 is 1.47 bits per heavy atom. The number of nitrogens with one attached hydrogen (secondary N) is 2. The van der Waals surface area contributed by atoms with Gasteiger partial charge in [-0.2, -0.15) is 0 Å². The van der Waals surface area contributed by atoms with Crippen molar-refractivity contribution in [2.75, 3.05) is 19.0 Å². The number of likely N-dealkylation sites (N-methyl/N-ethyl adjacent to an activating group) is 1. The van der Waals surface area contributed by atoms with Crippen LogP contribution in [0.25, 0.3) is 0 Å². The van der Waals surface area contributed by atoms with Crippen LogP contribution >= 0.6 is 15.9 Å². The zero-order valence-corrected chi connectivity index (χ0v) is 12.4. The van der Waals surface area contributed by atoms with Gasteiger partial charge in [-0.1, -0.05) is 12.8 Å². The fraction of sp³-hybridized carbons (Fsp3) is 0.500. The lowest BCUT2D eigenvalue weighted by molar-refractivity contribution is -0.117. The van der Waals surface area contributed by atoms with Gasteiger partial charge in [-0.15, -0.1) is 0 Å². The number of hydrogen-bond donors (Lipinski definition) is 2. The van der Waals surface area contributed by atoms with Crippen LogP contribution in [0, 0.1) is 5.92 Å². The molecule has 102 valence electrons. The van der Waals surface area contributed by atoms with Gasteiger partial charge in [0.2, 0.25) is 5.91 Å². The van der Waals surface area contributed by atoms with Crippen molar-refractivity contribution in [2.45, 2.75) is 25.3 Å². The first-order valence-corrected chi connectivity index (χ1v) is 7.42. The lowest BCUT2D eigenvalue weighted by atomic mass is 10.1. The highest BCUT2D eigenvalue weighted by atomic mass is 79.9. The standard InChI is InChI=1S/C14H17BrN2O2/c1-16-13-9-6-10(15)12(7-11(9)17-14(13)18)19-5-4-8-2-3-8/h6-8,13,16H,2-5H2,1H3,(H,17,18). The first-order chi connectivity index (χ1) is 9.19. The van der Waals surface area contributed by atoms with Gasteiger partial charge in [0.05, 0.1) is 11.1 Å². The second-order valence-corrected chi connectivity index (χ2v) is 6.02. The van der Waals surface area contributed by atoms with Crippen LogP contribution in [0.15, 0.2) is 16.6 Å². The minimum Gasteiger partial charge on any atom is -0.492 e. The highest BCUT2D eigenvalue weighted by Crippen LogP contribution is 2.39. The zero-order valence-electron chi connectivity index (χ0n) is 10.8. The second-order valence-electron chi connectivity index (χ2n) is 5.16. The molecule has 1 aliphatic heterocycles. The highest BCUT2D eigenvalue weighted by Gasteiger charge is 2.30. The molecule has 1 aromatic rings. The van der Waals surface area contributed by atoms with Crippen molar-refractivity contribution in [3.63, 3.8) is 0 Å². The Labute approximate surface area is 121 Å². The number of ether oxygens (including phenoxy) is 1. The number of fused-ring (bicyclic) bond motifs is 1. The number of rotatable bonds is 5. The van der Waals surface area contributed by atoms with Crippen molar-refractivity contribution in [2.24, 2.45) is 5.92 Å². The lowest BCUT2D eigenvalue weighted by Crippen LogP contribution is -2.23. The van der Waals surface area contributed by atoms with Gasteiger partial charge in [-0.25, -0.2) is 0 Å². The molecule has 5 heteroatoms. The first kappa shape index (κ1) is 12.9. The number of hydrogen-bond acceptors (Lipinski definition) is 3. The Morgan fingerprint density at radius 2 is 2.26 bits per heavy atom. The van der Waals surface area contributed by atoms with Gasteiger partial charge in [-0.3, -0.25) is 4.79 Å². The molecule has 1 aliphatic carbocycles. The molecule has 1 fully saturated rings. The zero-order chi connectivity index (χ0) is 13.4. The third-order valence-electron chi connectivity index (χ3n) is 3.70. The summed E-state index contributed by atoms with van der Waals surface area (Å²) >= 11 is 3.52. The molecule has 1 aromatic carbocycles. The third-order valence-corrected chi connectivity index (χ3v) is 4.32. The van der Waals surface area contributed by atoms with Gasteiger partial charge in [0.1, 0.15) is 11.8 Å². The van der Waals surface area contributed by atoms with Crippen LogP contribution in [0.5, 0.6) is 5.75 Å². The molecule has 1 heterocycles. The molecule has 0 radical (unpaired) electrons. The average Bonchev–Trinajstić information content (AvgIpc) is 3.14. The summed E-state index contributed by atoms with van der Waals surface area (Å²) in [7, 11) is 1.79. The summed E-state index contributed by atoms with van der Waals surface area (Å²) in [5.74, 6) is 1.65. The maximum Gasteiger partial charge on any atom is 0.246 e. The molecule has 19 heavy (non-hydrogen) atoms. The van der Waals surface area contributed by atoms with Gasteiger partial charge in [0, 0.05) is 17.3 Å². The topological polar surface area (TPSA) is 50.4 Å². The van der Waals surface area contributed by atoms with E-state index in [-0.39, 0.29) is 11.9 Å². The molecule has 2 aliphatic rings. The van der Waals surface area contributed by atoms with Crippen LogP contribution in [0.4, 0.5) is 5.69 Å². The molecule has 1 atom stereocenters. The fourth-order valence-corrected chi connectivity index (χ4v) is 2.88. The van der Waals surface area contributed by atoms with Crippen LogP contribution < -0.4 is 15.4 Å². The molecule has 0 saturated heterocycles. The van der Waals surface area contributed by atoms with Gasteiger partial charge in [-0.05, 0) is 41.4 Å². The van der Waals surface area contributed by atoms with E-state index in [4.69, 9.17) is 4.74 Å². The SMILES string of the molecule is CNC1C(=O)Nc2cc(OCCC3CC3)c(Br)cc21. The summed E-state index contributed by atoms with van der Waals surface area (Å²) in [6, 6.07) is 3.59. The Balaban J connectivity index is 1.76. The Bertz CT molecular complexity index is 514. The number of carbonyl (C=O) groups excluding carboxylic acids is 1. The van der Waals surface area contributed by atoms with Crippen molar-refractivity contribution < 1.29 is 9.53 Å². The fourth-order valence-electron chi connectivity index (χ4n) is 2.40. The van der Waals surface area contributed by atoms with Crippen molar-refractivity contribution in [3.05, 3.63) is 22.2 Å². The molecule has 1 amide bonds. The molecule has 0 spiro atoms. The van der Waals surface area contributed by atoms with Crippen LogP contribution in [-0.4, -0.2) is 19.6 Å². The number of halogens is 1. The molecular weight excluding hydrogens is 308 g/mol. The molecule has 3 rings (SSSR count). The molecule has 1 unspecified atom stereocenters. The van der Waals surface area contributed by atoms with E-state index in [1.165, 1.54) is 12.8 Å². The van der Waals surface area contributed by atoms with Crippen LogP contribution in [0.3, 0.4) is 0 Å². The predicted molar refractivity (Wildman–Crippen MR) is 77.4 cm³/mol. The van der Waals surface area contributed by atoms with E-state index in [9.17, 15) is 4.79 Å². The number of carbonyl (C=O) groups is 1. The first-order valence-electron chi connectivity index (χ1n) is 6.63. The van der Waals surface area contributed by atoms with Gasteiger partial charge >= 0.3 is 0 Å². The monoisotopic (exact) mass is 324 g/mol. The normalized spacial score (nSPS) is 21.2. The molecule has 1 saturated carbocycles. The van der Waals surface area contributed by atoms with E-state index < -0.39 is 0 Å². The minimum absolute atomic E-state index is 0.0143. The Kier molecular flexibility index (Phi) is 3.50. The van der Waals surface area contributed by atoms with E-state index in [1.807, 2.05) is 12.1 Å². The summed E-state index contributed by atoms with van der Waals surface area (Å²) in [5.41, 5.74) is 1.81. The summed E-state index contributed by atoms with van der Waals surface area (Å²) < 4.78 is 6.70. The average molecular weight is 325 g/mol. The maximum atomic E-state index is 11.8. The van der Waals surface area contributed by atoms with E-state index >= 15 is 0 Å². The number of anilines is 1. The van der Waals surface area contributed by atoms with Crippen LogP contribution in [0.2, 0.25) is 0 Å². The van der Waals surface area contributed by atoms with Gasteiger partial charge in [0.15, 0.2) is 0 Å². The van der Waals surface area contributed by atoms with E-state index in [1.54, 1.807) is 7.05 Å². The van der Waals surface area contributed by atoms with E-state index in [0.717, 1.165) is 40.4 Å². The maximum absolute atomic E-state index is 11.8. The molecule has 0 bridgehead atoms.